The van der Waals surface area contributed by atoms with Crippen molar-refractivity contribution in [3.63, 3.8) is 0 Å². The summed E-state index contributed by atoms with van der Waals surface area (Å²) >= 11 is 12.3. The molecular weight excluding hydrogens is 459 g/mol. The smallest absolute Gasteiger partial charge is 0.244 e. The molecule has 31 heavy (non-hydrogen) atoms. The van der Waals surface area contributed by atoms with E-state index in [1.54, 1.807) is 30.5 Å². The van der Waals surface area contributed by atoms with E-state index in [2.05, 4.69) is 9.97 Å². The van der Waals surface area contributed by atoms with Crippen molar-refractivity contribution in [1.29, 1.82) is 5.26 Å². The fourth-order valence-electron chi connectivity index (χ4n) is 3.45. The molecule has 3 aromatic rings. The minimum absolute atomic E-state index is 0.00224. The minimum Gasteiger partial charge on any atom is -0.393 e. The number of aliphatic hydroxyl groups is 1. The van der Waals surface area contributed by atoms with Crippen LogP contribution in [0.1, 0.15) is 18.4 Å². The van der Waals surface area contributed by atoms with Crippen molar-refractivity contribution in [3.05, 3.63) is 58.2 Å². The lowest BCUT2D eigenvalue weighted by molar-refractivity contribution is 0.113. The van der Waals surface area contributed by atoms with Crippen LogP contribution >= 0.6 is 23.2 Å². The van der Waals surface area contributed by atoms with Gasteiger partial charge in [0.2, 0.25) is 10.0 Å². The molecule has 0 unspecified atom stereocenters. The third kappa shape index (κ3) is 4.33. The summed E-state index contributed by atoms with van der Waals surface area (Å²) in [5, 5.41) is 19.1. The summed E-state index contributed by atoms with van der Waals surface area (Å²) < 4.78 is 27.6. The van der Waals surface area contributed by atoms with Crippen molar-refractivity contribution in [2.24, 2.45) is 0 Å². The molecular formula is C21H18Cl2N4O3S. The number of aromatic nitrogens is 2. The number of sulfonamides is 1. The largest absolute Gasteiger partial charge is 0.393 e. The minimum atomic E-state index is -3.80. The Balaban J connectivity index is 1.66. The van der Waals surface area contributed by atoms with Crippen molar-refractivity contribution >= 4 is 33.2 Å². The lowest BCUT2D eigenvalue weighted by Gasteiger charge is -2.29. The molecule has 0 atom stereocenters. The van der Waals surface area contributed by atoms with Gasteiger partial charge in [-0.05, 0) is 43.2 Å². The van der Waals surface area contributed by atoms with Gasteiger partial charge in [0.1, 0.15) is 16.8 Å². The zero-order valence-electron chi connectivity index (χ0n) is 16.2. The van der Waals surface area contributed by atoms with Crippen LogP contribution in [0.3, 0.4) is 0 Å². The summed E-state index contributed by atoms with van der Waals surface area (Å²) in [6.07, 6.45) is 1.99. The number of nitrogens with one attached hydrogen (secondary N) is 1. The summed E-state index contributed by atoms with van der Waals surface area (Å²) in [6.45, 7) is 0.489. The van der Waals surface area contributed by atoms with Crippen LogP contribution in [0.15, 0.2) is 47.5 Å². The van der Waals surface area contributed by atoms with E-state index >= 15 is 0 Å². The predicted octanol–water partition coefficient (Wildman–Crippen LogP) is 4.07. The molecule has 10 heteroatoms. The number of hydrogen-bond acceptors (Lipinski definition) is 5. The lowest BCUT2D eigenvalue weighted by atomic mass is 10.1. The number of piperidine rings is 1. The Kier molecular flexibility index (Phi) is 6.06. The van der Waals surface area contributed by atoms with Crippen LogP contribution in [0.4, 0.5) is 0 Å². The van der Waals surface area contributed by atoms with E-state index in [9.17, 15) is 13.5 Å². The van der Waals surface area contributed by atoms with E-state index in [4.69, 9.17) is 28.5 Å². The normalized spacial score (nSPS) is 15.7. The van der Waals surface area contributed by atoms with E-state index < -0.39 is 16.1 Å². The van der Waals surface area contributed by atoms with Gasteiger partial charge >= 0.3 is 0 Å². The Morgan fingerprint density at radius 1 is 1.10 bits per heavy atom. The molecule has 4 rings (SSSR count). The summed E-state index contributed by atoms with van der Waals surface area (Å²) in [6, 6.07) is 11.7. The first kappa shape index (κ1) is 21.8. The molecule has 7 nitrogen and oxygen atoms in total. The number of aliphatic hydroxyl groups excluding tert-OH is 1. The van der Waals surface area contributed by atoms with Crippen molar-refractivity contribution in [3.8, 4) is 28.7 Å². The molecule has 0 saturated carbocycles. The van der Waals surface area contributed by atoms with Gasteiger partial charge in [-0.15, -0.1) is 0 Å². The zero-order chi connectivity index (χ0) is 22.2. The highest BCUT2D eigenvalue weighted by atomic mass is 35.5. The van der Waals surface area contributed by atoms with Crippen LogP contribution in [-0.2, 0) is 10.0 Å². The Labute approximate surface area is 189 Å². The summed E-state index contributed by atoms with van der Waals surface area (Å²) in [5.41, 5.74) is 2.26. The van der Waals surface area contributed by atoms with Gasteiger partial charge in [-0.1, -0.05) is 29.3 Å². The van der Waals surface area contributed by atoms with Gasteiger partial charge in [0.25, 0.3) is 0 Å². The number of nitriles is 1. The molecule has 160 valence electrons. The van der Waals surface area contributed by atoms with Crippen molar-refractivity contribution in [1.82, 2.24) is 14.3 Å². The average Bonchev–Trinajstić information content (AvgIpc) is 3.24. The molecule has 1 aliphatic heterocycles. The molecule has 2 aromatic carbocycles. The van der Waals surface area contributed by atoms with E-state index in [1.165, 1.54) is 16.4 Å². The SMILES string of the molecule is N#Cc1ccc(-c2c[nH]c(-c3ccc(Cl)c(S(=O)(=O)N4CCC(O)CC4)c3)n2)cc1Cl. The van der Waals surface area contributed by atoms with Gasteiger partial charge in [-0.3, -0.25) is 0 Å². The highest BCUT2D eigenvalue weighted by Crippen LogP contribution is 2.32. The van der Waals surface area contributed by atoms with Crippen molar-refractivity contribution in [2.45, 2.75) is 23.8 Å². The van der Waals surface area contributed by atoms with E-state index in [-0.39, 0.29) is 23.0 Å². The van der Waals surface area contributed by atoms with E-state index in [1.807, 2.05) is 6.07 Å². The first-order valence-electron chi connectivity index (χ1n) is 9.53. The van der Waals surface area contributed by atoms with Gasteiger partial charge in [-0.2, -0.15) is 9.57 Å². The number of H-pyrrole nitrogens is 1. The van der Waals surface area contributed by atoms with Gasteiger partial charge in [0.05, 0.1) is 27.4 Å². The van der Waals surface area contributed by atoms with E-state index in [0.29, 0.717) is 40.5 Å². The Morgan fingerprint density at radius 2 is 1.81 bits per heavy atom. The number of halogens is 2. The highest BCUT2D eigenvalue weighted by molar-refractivity contribution is 7.89. The molecule has 2 heterocycles. The number of benzene rings is 2. The average molecular weight is 477 g/mol. The maximum Gasteiger partial charge on any atom is 0.244 e. The van der Waals surface area contributed by atoms with Crippen LogP contribution in [0.2, 0.25) is 10.0 Å². The van der Waals surface area contributed by atoms with Crippen LogP contribution < -0.4 is 0 Å². The number of imidazole rings is 1. The van der Waals surface area contributed by atoms with Crippen LogP contribution in [0.25, 0.3) is 22.6 Å². The molecule has 1 aromatic heterocycles. The maximum atomic E-state index is 13.1. The van der Waals surface area contributed by atoms with Gasteiger partial charge < -0.3 is 10.1 Å². The zero-order valence-corrected chi connectivity index (χ0v) is 18.5. The second-order valence-electron chi connectivity index (χ2n) is 7.22. The molecule has 0 amide bonds. The Bertz CT molecular complexity index is 1280. The van der Waals surface area contributed by atoms with Crippen molar-refractivity contribution in [2.75, 3.05) is 13.1 Å². The fraction of sp³-hybridized carbons (Fsp3) is 0.238. The first-order chi connectivity index (χ1) is 14.8. The monoisotopic (exact) mass is 476 g/mol. The quantitative estimate of drug-likeness (QED) is 0.589. The molecule has 1 aliphatic rings. The third-order valence-electron chi connectivity index (χ3n) is 5.21. The summed E-state index contributed by atoms with van der Waals surface area (Å²) in [7, 11) is -3.80. The predicted molar refractivity (Wildman–Crippen MR) is 118 cm³/mol. The number of rotatable bonds is 4. The lowest BCUT2D eigenvalue weighted by Crippen LogP contribution is -2.40. The second kappa shape index (κ2) is 8.61. The Hall–Kier alpha value is -2.41. The number of nitrogens with zero attached hydrogens (tertiary/aromatic N) is 3. The molecule has 0 bridgehead atoms. The molecule has 2 N–H and O–H groups in total. The van der Waals surface area contributed by atoms with Gasteiger partial charge in [0.15, 0.2) is 0 Å². The van der Waals surface area contributed by atoms with Crippen LogP contribution in [0.5, 0.6) is 0 Å². The number of aromatic amines is 1. The van der Waals surface area contributed by atoms with Crippen LogP contribution in [-0.4, -0.2) is 47.0 Å². The van der Waals surface area contributed by atoms with Crippen molar-refractivity contribution < 1.29 is 13.5 Å². The second-order valence-corrected chi connectivity index (χ2v) is 9.94. The van der Waals surface area contributed by atoms with Gasteiger partial charge in [-0.25, -0.2) is 13.4 Å². The van der Waals surface area contributed by atoms with Gasteiger partial charge in [0, 0.05) is 30.4 Å². The molecule has 0 radical (unpaired) electrons. The number of hydrogen-bond donors (Lipinski definition) is 2. The standard InChI is InChI=1S/C21H18Cl2N4O3S/c22-17-4-3-14(10-20(17)31(29,30)27-7-5-16(28)6-8-27)21-25-12-19(26-21)13-1-2-15(11-24)18(23)9-13/h1-4,9-10,12,16,28H,5-8H2,(H,25,26). The maximum absolute atomic E-state index is 13.1. The summed E-state index contributed by atoms with van der Waals surface area (Å²) in [5.74, 6) is 0.470. The molecule has 1 saturated heterocycles. The highest BCUT2D eigenvalue weighted by Gasteiger charge is 2.30. The first-order valence-corrected chi connectivity index (χ1v) is 11.7. The fourth-order valence-corrected chi connectivity index (χ4v) is 5.65. The summed E-state index contributed by atoms with van der Waals surface area (Å²) in [4.78, 5) is 7.59. The Morgan fingerprint density at radius 3 is 2.48 bits per heavy atom. The van der Waals surface area contributed by atoms with E-state index in [0.717, 1.165) is 5.56 Å². The third-order valence-corrected chi connectivity index (χ3v) is 7.90. The molecule has 0 spiro atoms. The molecule has 0 aliphatic carbocycles. The van der Waals surface area contributed by atoms with Crippen LogP contribution in [0, 0.1) is 11.3 Å². The molecule has 1 fully saturated rings. The topological polar surface area (TPSA) is 110 Å².